The van der Waals surface area contributed by atoms with Crippen molar-refractivity contribution in [3.8, 4) is 0 Å². The maximum atomic E-state index is 15.6. The molecule has 0 bridgehead atoms. The van der Waals surface area contributed by atoms with Gasteiger partial charge in [0.1, 0.15) is 0 Å². The van der Waals surface area contributed by atoms with E-state index in [1.165, 1.54) is 21.9 Å². The van der Waals surface area contributed by atoms with Crippen LogP contribution in [0.3, 0.4) is 0 Å². The molecular formula is C31H30F2. The van der Waals surface area contributed by atoms with Crippen molar-refractivity contribution < 1.29 is 8.78 Å². The Morgan fingerprint density at radius 2 is 1.42 bits per heavy atom. The number of rotatable bonds is 4. The fraction of sp³-hybridized carbons (Fsp3) is 0.355. The van der Waals surface area contributed by atoms with Gasteiger partial charge in [0.25, 0.3) is 5.92 Å². The normalized spacial score (nSPS) is 23.7. The molecule has 0 fully saturated rings. The van der Waals surface area contributed by atoms with Crippen LogP contribution in [0.15, 0.2) is 66.7 Å². The Balaban J connectivity index is 1.40. The summed E-state index contributed by atoms with van der Waals surface area (Å²) >= 11 is 0. The summed E-state index contributed by atoms with van der Waals surface area (Å²) in [7, 11) is 0. The van der Waals surface area contributed by atoms with Crippen LogP contribution in [0.1, 0.15) is 73.3 Å². The molecule has 0 N–H and O–H groups in total. The molecule has 0 spiro atoms. The minimum absolute atomic E-state index is 0.112. The largest absolute Gasteiger partial charge is 0.280 e. The first kappa shape index (κ1) is 20.8. The van der Waals surface area contributed by atoms with Gasteiger partial charge in [-0.2, -0.15) is 0 Å². The summed E-state index contributed by atoms with van der Waals surface area (Å²) in [5.74, 6) is -2.51. The predicted molar refractivity (Wildman–Crippen MR) is 133 cm³/mol. The van der Waals surface area contributed by atoms with Gasteiger partial charge in [0.2, 0.25) is 0 Å². The lowest BCUT2D eigenvalue weighted by Crippen LogP contribution is -2.23. The van der Waals surface area contributed by atoms with E-state index in [9.17, 15) is 0 Å². The second-order valence-electron chi connectivity index (χ2n) is 10.7. The summed E-state index contributed by atoms with van der Waals surface area (Å²) in [4.78, 5) is 0. The summed E-state index contributed by atoms with van der Waals surface area (Å²) in [6.45, 7) is 8.43. The molecule has 4 aromatic rings. The van der Waals surface area contributed by atoms with Gasteiger partial charge in [-0.25, -0.2) is 8.78 Å². The van der Waals surface area contributed by atoms with Crippen LogP contribution in [0.2, 0.25) is 0 Å². The number of alkyl halides is 2. The van der Waals surface area contributed by atoms with Gasteiger partial charge in [-0.1, -0.05) is 88.4 Å². The van der Waals surface area contributed by atoms with E-state index in [0.717, 1.165) is 28.3 Å². The van der Waals surface area contributed by atoms with Crippen molar-refractivity contribution in [1.29, 1.82) is 0 Å². The quantitative estimate of drug-likeness (QED) is 0.297. The summed E-state index contributed by atoms with van der Waals surface area (Å²) in [6, 6.07) is 23.0. The van der Waals surface area contributed by atoms with Gasteiger partial charge in [0.15, 0.2) is 0 Å². The zero-order valence-corrected chi connectivity index (χ0v) is 19.7. The lowest BCUT2D eigenvalue weighted by atomic mass is 9.78. The Kier molecular flexibility index (Phi) is 4.50. The van der Waals surface area contributed by atoms with E-state index in [1.807, 2.05) is 38.1 Å². The third kappa shape index (κ3) is 2.86. The van der Waals surface area contributed by atoms with E-state index < -0.39 is 11.8 Å². The molecule has 0 aromatic heterocycles. The zero-order valence-electron chi connectivity index (χ0n) is 19.7. The minimum Gasteiger partial charge on any atom is -0.201 e. The van der Waals surface area contributed by atoms with E-state index in [2.05, 4.69) is 56.3 Å². The molecule has 0 heterocycles. The Hall–Kier alpha value is -2.74. The van der Waals surface area contributed by atoms with Gasteiger partial charge in [0.05, 0.1) is 5.92 Å². The van der Waals surface area contributed by atoms with Gasteiger partial charge in [-0.15, -0.1) is 0 Å². The van der Waals surface area contributed by atoms with E-state index in [0.29, 0.717) is 17.8 Å². The summed E-state index contributed by atoms with van der Waals surface area (Å²) in [6.07, 6.45) is 0.801. The van der Waals surface area contributed by atoms with Crippen molar-refractivity contribution in [3.63, 3.8) is 0 Å². The molecule has 4 aromatic carbocycles. The number of hydrogen-bond donors (Lipinski definition) is 0. The number of hydrogen-bond acceptors (Lipinski definition) is 0. The molecule has 0 aliphatic heterocycles. The van der Waals surface area contributed by atoms with Crippen LogP contribution in [0.4, 0.5) is 8.78 Å². The molecule has 0 nitrogen and oxygen atoms in total. The number of halogens is 2. The predicted octanol–water partition coefficient (Wildman–Crippen LogP) is 8.92. The average molecular weight is 441 g/mol. The molecule has 0 radical (unpaired) electrons. The maximum absolute atomic E-state index is 15.6. The van der Waals surface area contributed by atoms with E-state index in [4.69, 9.17) is 0 Å². The third-order valence-corrected chi connectivity index (χ3v) is 8.35. The fourth-order valence-electron chi connectivity index (χ4n) is 7.12. The molecule has 0 saturated heterocycles. The Morgan fingerprint density at radius 3 is 2.12 bits per heavy atom. The van der Waals surface area contributed by atoms with Gasteiger partial charge >= 0.3 is 0 Å². The monoisotopic (exact) mass is 440 g/mol. The molecule has 0 saturated carbocycles. The summed E-state index contributed by atoms with van der Waals surface area (Å²) in [5.41, 5.74) is 4.92. The van der Waals surface area contributed by atoms with Crippen LogP contribution in [0.25, 0.3) is 21.5 Å². The molecule has 2 aliphatic carbocycles. The van der Waals surface area contributed by atoms with Gasteiger partial charge in [-0.05, 0) is 80.0 Å². The number of benzene rings is 4. The highest BCUT2D eigenvalue weighted by molar-refractivity contribution is 5.94. The van der Waals surface area contributed by atoms with Crippen molar-refractivity contribution >= 4 is 21.5 Å². The van der Waals surface area contributed by atoms with Crippen LogP contribution < -0.4 is 0 Å². The van der Waals surface area contributed by atoms with Gasteiger partial charge in [0, 0.05) is 5.56 Å². The molecule has 4 unspecified atom stereocenters. The molecule has 4 atom stereocenters. The first-order chi connectivity index (χ1) is 15.8. The van der Waals surface area contributed by atoms with Crippen molar-refractivity contribution in [2.75, 3.05) is 0 Å². The smallest absolute Gasteiger partial charge is 0.201 e. The molecule has 33 heavy (non-hydrogen) atoms. The van der Waals surface area contributed by atoms with Crippen LogP contribution in [-0.4, -0.2) is 0 Å². The zero-order chi connectivity index (χ0) is 23.1. The SMILES string of the molecule is CC(C)C1c2cccc3cc(CC(C)C4c5cccc6cccc(c56)C4C)cc(c23)C1(F)F. The topological polar surface area (TPSA) is 0 Å². The second kappa shape index (κ2) is 7.13. The minimum atomic E-state index is -2.82. The van der Waals surface area contributed by atoms with E-state index in [1.54, 1.807) is 0 Å². The molecule has 2 aliphatic rings. The molecule has 2 heteroatoms. The summed E-state index contributed by atoms with van der Waals surface area (Å²) in [5, 5.41) is 4.44. The molecule has 6 rings (SSSR count). The van der Waals surface area contributed by atoms with Crippen molar-refractivity contribution in [2.45, 2.75) is 57.8 Å². The van der Waals surface area contributed by atoms with Crippen molar-refractivity contribution in [2.24, 2.45) is 11.8 Å². The Morgan fingerprint density at radius 1 is 0.788 bits per heavy atom. The first-order valence-electron chi connectivity index (χ1n) is 12.2. The standard InChI is InChI=1S/C31H30F2/c1-17(2)30-25-13-7-10-22-15-20(16-26(29(22)25)31(30,32)33)14-18(3)27-19(4)23-11-5-8-21-9-6-12-24(27)28(21)23/h5-13,15-19,27,30H,14H2,1-4H3. The van der Waals surface area contributed by atoms with Crippen LogP contribution in [-0.2, 0) is 12.3 Å². The summed E-state index contributed by atoms with van der Waals surface area (Å²) < 4.78 is 31.3. The second-order valence-corrected chi connectivity index (χ2v) is 10.7. The van der Waals surface area contributed by atoms with E-state index >= 15 is 8.78 Å². The lowest BCUT2D eigenvalue weighted by molar-refractivity contribution is -0.0407. The average Bonchev–Trinajstić information content (AvgIpc) is 3.19. The van der Waals surface area contributed by atoms with Crippen LogP contribution in [0, 0.1) is 11.8 Å². The molecule has 0 amide bonds. The van der Waals surface area contributed by atoms with Crippen molar-refractivity contribution in [1.82, 2.24) is 0 Å². The molecule has 168 valence electrons. The highest BCUT2D eigenvalue weighted by Gasteiger charge is 2.50. The van der Waals surface area contributed by atoms with Crippen LogP contribution >= 0.6 is 0 Å². The Bertz CT molecular complexity index is 1390. The van der Waals surface area contributed by atoms with Crippen molar-refractivity contribution in [3.05, 3.63) is 94.5 Å². The lowest BCUT2D eigenvalue weighted by Gasteiger charge is -2.26. The van der Waals surface area contributed by atoms with Gasteiger partial charge < -0.3 is 0 Å². The Labute approximate surface area is 194 Å². The fourth-order valence-corrected chi connectivity index (χ4v) is 7.12. The highest BCUT2D eigenvalue weighted by atomic mass is 19.3. The first-order valence-corrected chi connectivity index (χ1v) is 12.2. The third-order valence-electron chi connectivity index (χ3n) is 8.35. The van der Waals surface area contributed by atoms with Crippen LogP contribution in [0.5, 0.6) is 0 Å². The highest BCUT2D eigenvalue weighted by Crippen LogP contribution is 2.56. The van der Waals surface area contributed by atoms with E-state index in [-0.39, 0.29) is 11.5 Å². The van der Waals surface area contributed by atoms with Gasteiger partial charge in [-0.3, -0.25) is 0 Å². The maximum Gasteiger partial charge on any atom is 0.280 e. The molecular weight excluding hydrogens is 410 g/mol.